The van der Waals surface area contributed by atoms with Gasteiger partial charge in [0.15, 0.2) is 0 Å². The number of benzene rings is 1. The SMILES string of the molecule is CCNC(C(=O)OCC)(c1ccccc1)C1CC1. The molecule has 2 rings (SSSR count). The first kappa shape index (κ1) is 13.1. The van der Waals surface area contributed by atoms with Crippen LogP contribution >= 0.6 is 0 Å². The molecule has 1 atom stereocenters. The maximum absolute atomic E-state index is 12.5. The van der Waals surface area contributed by atoms with Crippen LogP contribution in [0.4, 0.5) is 0 Å². The van der Waals surface area contributed by atoms with Gasteiger partial charge in [-0.1, -0.05) is 37.3 Å². The standard InChI is InChI=1S/C15H21NO2/c1-3-16-15(13-10-11-13,14(17)18-4-2)12-8-6-5-7-9-12/h5-9,13,16H,3-4,10-11H2,1-2H3. The van der Waals surface area contributed by atoms with Gasteiger partial charge in [0.25, 0.3) is 0 Å². The predicted molar refractivity (Wildman–Crippen MR) is 71.2 cm³/mol. The Morgan fingerprint density at radius 2 is 2.00 bits per heavy atom. The van der Waals surface area contributed by atoms with Crippen molar-refractivity contribution < 1.29 is 9.53 Å². The number of esters is 1. The maximum atomic E-state index is 12.5. The van der Waals surface area contributed by atoms with E-state index in [9.17, 15) is 4.79 Å². The molecule has 1 aliphatic carbocycles. The van der Waals surface area contributed by atoms with Crippen LogP contribution in [0.15, 0.2) is 30.3 Å². The van der Waals surface area contributed by atoms with Crippen LogP contribution in [0, 0.1) is 5.92 Å². The third kappa shape index (κ3) is 2.27. The highest BCUT2D eigenvalue weighted by molar-refractivity contribution is 5.83. The van der Waals surface area contributed by atoms with Gasteiger partial charge in [0, 0.05) is 0 Å². The lowest BCUT2D eigenvalue weighted by atomic mass is 9.84. The average Bonchev–Trinajstić information content (AvgIpc) is 3.22. The Kier molecular flexibility index (Phi) is 4.02. The predicted octanol–water partition coefficient (Wildman–Crippen LogP) is 2.46. The molecule has 1 aromatic carbocycles. The number of nitrogens with one attached hydrogen (secondary N) is 1. The summed E-state index contributed by atoms with van der Waals surface area (Å²) in [7, 11) is 0. The summed E-state index contributed by atoms with van der Waals surface area (Å²) in [5.74, 6) is 0.222. The van der Waals surface area contributed by atoms with Gasteiger partial charge in [-0.05, 0) is 37.8 Å². The van der Waals surface area contributed by atoms with Crippen molar-refractivity contribution in [3.63, 3.8) is 0 Å². The van der Waals surface area contributed by atoms with Crippen LogP contribution in [-0.4, -0.2) is 19.1 Å². The van der Waals surface area contributed by atoms with Crippen molar-refractivity contribution in [3.8, 4) is 0 Å². The molecule has 0 radical (unpaired) electrons. The quantitative estimate of drug-likeness (QED) is 0.785. The van der Waals surface area contributed by atoms with Crippen molar-refractivity contribution >= 4 is 5.97 Å². The molecule has 3 heteroatoms. The van der Waals surface area contributed by atoms with Gasteiger partial charge in [0.1, 0.15) is 5.54 Å². The van der Waals surface area contributed by atoms with Gasteiger partial charge in [0.05, 0.1) is 6.61 Å². The summed E-state index contributed by atoms with van der Waals surface area (Å²) in [5.41, 5.74) is 0.374. The molecule has 1 unspecified atom stereocenters. The third-order valence-corrected chi connectivity index (χ3v) is 3.47. The third-order valence-electron chi connectivity index (χ3n) is 3.47. The highest BCUT2D eigenvalue weighted by atomic mass is 16.5. The molecule has 18 heavy (non-hydrogen) atoms. The Morgan fingerprint density at radius 1 is 1.33 bits per heavy atom. The van der Waals surface area contributed by atoms with Crippen molar-refractivity contribution in [2.24, 2.45) is 5.92 Å². The van der Waals surface area contributed by atoms with Gasteiger partial charge < -0.3 is 4.74 Å². The number of carbonyl (C=O) groups is 1. The molecular weight excluding hydrogens is 226 g/mol. The fourth-order valence-electron chi connectivity index (χ4n) is 2.58. The second kappa shape index (κ2) is 5.53. The van der Waals surface area contributed by atoms with Crippen LogP contribution in [0.5, 0.6) is 0 Å². The first-order valence-corrected chi connectivity index (χ1v) is 6.73. The number of hydrogen-bond acceptors (Lipinski definition) is 3. The van der Waals surface area contributed by atoms with Gasteiger partial charge in [-0.15, -0.1) is 0 Å². The number of rotatable bonds is 6. The van der Waals surface area contributed by atoms with Gasteiger partial charge >= 0.3 is 5.97 Å². The lowest BCUT2D eigenvalue weighted by molar-refractivity contribution is -0.153. The topological polar surface area (TPSA) is 38.3 Å². The van der Waals surface area contributed by atoms with E-state index in [0.717, 1.165) is 24.9 Å². The van der Waals surface area contributed by atoms with Gasteiger partial charge in [0.2, 0.25) is 0 Å². The fraction of sp³-hybridized carbons (Fsp3) is 0.533. The summed E-state index contributed by atoms with van der Waals surface area (Å²) in [6, 6.07) is 9.94. The molecule has 1 aliphatic rings. The van der Waals surface area contributed by atoms with Crippen LogP contribution in [-0.2, 0) is 15.1 Å². The van der Waals surface area contributed by atoms with Gasteiger partial charge in [-0.2, -0.15) is 0 Å². The summed E-state index contributed by atoms with van der Waals surface area (Å²) in [6.07, 6.45) is 2.17. The highest BCUT2D eigenvalue weighted by Crippen LogP contribution is 2.46. The molecule has 98 valence electrons. The lowest BCUT2D eigenvalue weighted by Crippen LogP contribution is -2.52. The molecule has 1 aromatic rings. The van der Waals surface area contributed by atoms with Gasteiger partial charge in [-0.25, -0.2) is 4.79 Å². The molecule has 0 saturated heterocycles. The van der Waals surface area contributed by atoms with Crippen molar-refractivity contribution in [1.82, 2.24) is 5.32 Å². The molecule has 0 spiro atoms. The Labute approximate surface area is 109 Å². The van der Waals surface area contributed by atoms with E-state index in [1.165, 1.54) is 0 Å². The zero-order valence-corrected chi connectivity index (χ0v) is 11.1. The largest absolute Gasteiger partial charge is 0.464 e. The Morgan fingerprint density at radius 3 is 2.50 bits per heavy atom. The van der Waals surface area contributed by atoms with E-state index in [1.54, 1.807) is 0 Å². The zero-order valence-electron chi connectivity index (χ0n) is 11.1. The minimum atomic E-state index is -0.647. The number of ether oxygens (including phenoxy) is 1. The summed E-state index contributed by atoms with van der Waals surface area (Å²) in [5, 5.41) is 3.38. The molecular formula is C15H21NO2. The summed E-state index contributed by atoms with van der Waals surface area (Å²) in [6.45, 7) is 5.06. The van der Waals surface area contributed by atoms with Crippen LogP contribution in [0.25, 0.3) is 0 Å². The normalized spacial score (nSPS) is 18.1. The Hall–Kier alpha value is -1.35. The monoisotopic (exact) mass is 247 g/mol. The molecule has 3 nitrogen and oxygen atoms in total. The van der Waals surface area contributed by atoms with E-state index >= 15 is 0 Å². The molecule has 1 saturated carbocycles. The summed E-state index contributed by atoms with van der Waals surface area (Å²) >= 11 is 0. The first-order valence-electron chi connectivity index (χ1n) is 6.73. The van der Waals surface area contributed by atoms with E-state index in [0.29, 0.717) is 12.5 Å². The van der Waals surface area contributed by atoms with Crippen LogP contribution in [0.1, 0.15) is 32.3 Å². The lowest BCUT2D eigenvalue weighted by Gasteiger charge is -2.33. The highest BCUT2D eigenvalue weighted by Gasteiger charge is 2.52. The average molecular weight is 247 g/mol. The van der Waals surface area contributed by atoms with Crippen LogP contribution < -0.4 is 5.32 Å². The van der Waals surface area contributed by atoms with Crippen LogP contribution in [0.2, 0.25) is 0 Å². The van der Waals surface area contributed by atoms with Gasteiger partial charge in [-0.3, -0.25) is 5.32 Å². The Bertz CT molecular complexity index is 400. The molecule has 0 bridgehead atoms. The Balaban J connectivity index is 2.40. The number of likely N-dealkylation sites (N-methyl/N-ethyl adjacent to an activating group) is 1. The van der Waals surface area contributed by atoms with Crippen molar-refractivity contribution in [3.05, 3.63) is 35.9 Å². The van der Waals surface area contributed by atoms with Crippen molar-refractivity contribution in [2.75, 3.05) is 13.2 Å². The molecule has 1 fully saturated rings. The molecule has 0 heterocycles. The molecule has 1 N–H and O–H groups in total. The number of carbonyl (C=O) groups excluding carboxylic acids is 1. The molecule has 0 aliphatic heterocycles. The van der Waals surface area contributed by atoms with E-state index < -0.39 is 5.54 Å². The molecule has 0 amide bonds. The first-order chi connectivity index (χ1) is 8.75. The van der Waals surface area contributed by atoms with E-state index in [1.807, 2.05) is 44.2 Å². The molecule has 0 aromatic heterocycles. The fourth-order valence-corrected chi connectivity index (χ4v) is 2.58. The minimum absolute atomic E-state index is 0.138. The van der Waals surface area contributed by atoms with E-state index in [2.05, 4.69) is 5.32 Å². The van der Waals surface area contributed by atoms with Crippen molar-refractivity contribution in [1.29, 1.82) is 0 Å². The smallest absolute Gasteiger partial charge is 0.331 e. The van der Waals surface area contributed by atoms with E-state index in [-0.39, 0.29) is 5.97 Å². The summed E-state index contributed by atoms with van der Waals surface area (Å²) in [4.78, 5) is 12.5. The van der Waals surface area contributed by atoms with E-state index in [4.69, 9.17) is 4.74 Å². The minimum Gasteiger partial charge on any atom is -0.464 e. The second-order valence-corrected chi connectivity index (χ2v) is 4.70. The summed E-state index contributed by atoms with van der Waals surface area (Å²) < 4.78 is 5.31. The van der Waals surface area contributed by atoms with Crippen molar-refractivity contribution in [2.45, 2.75) is 32.2 Å². The number of hydrogen-bond donors (Lipinski definition) is 1. The second-order valence-electron chi connectivity index (χ2n) is 4.70. The van der Waals surface area contributed by atoms with Crippen LogP contribution in [0.3, 0.4) is 0 Å². The zero-order chi connectivity index (χ0) is 13.0. The maximum Gasteiger partial charge on any atom is 0.331 e.